The molecule has 0 spiro atoms. The predicted molar refractivity (Wildman–Crippen MR) is 141 cm³/mol. The van der Waals surface area contributed by atoms with Crippen LogP contribution < -0.4 is 4.72 Å². The van der Waals surface area contributed by atoms with E-state index >= 15 is 0 Å². The Hall–Kier alpha value is -3.60. The fraction of sp³-hybridized carbons (Fsp3) is 0.400. The fourth-order valence-corrected chi connectivity index (χ4v) is 6.61. The van der Waals surface area contributed by atoms with E-state index in [1.807, 2.05) is 6.07 Å². The monoisotopic (exact) mass is 584 g/mol. The summed E-state index contributed by atoms with van der Waals surface area (Å²) in [7, 11) is -4.07. The largest absolute Gasteiger partial charge is 0.379 e. The molecule has 1 aliphatic heterocycles. The number of hydrogen-bond acceptors (Lipinski definition) is 10. The zero-order chi connectivity index (χ0) is 28.1. The summed E-state index contributed by atoms with van der Waals surface area (Å²) in [6.45, 7) is 4.06. The van der Waals surface area contributed by atoms with Gasteiger partial charge < -0.3 is 4.74 Å². The van der Waals surface area contributed by atoms with E-state index in [2.05, 4.69) is 41.6 Å². The molecular weight excluding hydrogens is 562 g/mol. The minimum absolute atomic E-state index is 0.0839. The van der Waals surface area contributed by atoms with Gasteiger partial charge in [-0.3, -0.25) is 9.47 Å². The number of nitrogens with one attached hydrogen (secondary N) is 1. The second kappa shape index (κ2) is 9.79. The van der Waals surface area contributed by atoms with Crippen molar-refractivity contribution in [3.8, 4) is 23.0 Å². The van der Waals surface area contributed by atoms with Gasteiger partial charge >= 0.3 is 0 Å². The Labute approximate surface area is 231 Å². The summed E-state index contributed by atoms with van der Waals surface area (Å²) in [5.41, 5.74) is -0.0435. The van der Waals surface area contributed by atoms with Gasteiger partial charge in [0.05, 0.1) is 41.6 Å². The molecule has 2 fully saturated rings. The average Bonchev–Trinajstić information content (AvgIpc) is 3.36. The van der Waals surface area contributed by atoms with E-state index in [4.69, 9.17) is 4.74 Å². The highest BCUT2D eigenvalue weighted by Crippen LogP contribution is 2.39. The summed E-state index contributed by atoms with van der Waals surface area (Å²) in [5.74, 6) is 3.02. The van der Waals surface area contributed by atoms with Crippen molar-refractivity contribution >= 4 is 43.3 Å². The molecule has 0 bridgehead atoms. The summed E-state index contributed by atoms with van der Waals surface area (Å²) in [6.07, 6.45) is 2.16. The maximum absolute atomic E-state index is 14.0. The van der Waals surface area contributed by atoms with Crippen molar-refractivity contribution < 1.29 is 21.9 Å². The van der Waals surface area contributed by atoms with Crippen molar-refractivity contribution in [1.29, 1.82) is 5.26 Å². The lowest BCUT2D eigenvalue weighted by molar-refractivity contribution is 0.0165. The molecule has 3 aromatic heterocycles. The van der Waals surface area contributed by atoms with Gasteiger partial charge in [-0.2, -0.15) is 18.8 Å². The Morgan fingerprint density at radius 3 is 2.67 bits per heavy atom. The number of sulfonamides is 1. The van der Waals surface area contributed by atoms with Crippen molar-refractivity contribution in [1.82, 2.24) is 34.4 Å². The Morgan fingerprint density at radius 2 is 2.00 bits per heavy atom. The molecule has 6 rings (SSSR count). The highest BCUT2D eigenvalue weighted by molar-refractivity contribution is 7.89. The molecule has 0 atom stereocenters. The highest BCUT2D eigenvalue weighted by atomic mass is 32.2. The third-order valence-corrected chi connectivity index (χ3v) is 9.33. The number of aromatic nitrogens is 5. The number of alkyl halides is 2. The van der Waals surface area contributed by atoms with Crippen LogP contribution in [0.5, 0.6) is 0 Å². The van der Waals surface area contributed by atoms with Gasteiger partial charge in [-0.1, -0.05) is 23.3 Å². The number of rotatable bonds is 6. The van der Waals surface area contributed by atoms with Crippen molar-refractivity contribution in [2.45, 2.75) is 36.1 Å². The second-order valence-electron chi connectivity index (χ2n) is 9.70. The van der Waals surface area contributed by atoms with Gasteiger partial charge in [0, 0.05) is 25.4 Å². The number of halogens is 2. The van der Waals surface area contributed by atoms with E-state index in [0.29, 0.717) is 71.6 Å². The van der Waals surface area contributed by atoms with Crippen LogP contribution in [0, 0.1) is 23.2 Å². The maximum Gasteiger partial charge on any atom is 0.298 e. The van der Waals surface area contributed by atoms with Crippen LogP contribution in [0.25, 0.3) is 27.1 Å². The summed E-state index contributed by atoms with van der Waals surface area (Å²) in [5, 5.41) is 17.7. The zero-order valence-corrected chi connectivity index (χ0v) is 22.8. The number of ether oxygens (including phenoxy) is 1. The molecular formula is C25H22F2N8O3S2. The number of fused-ring (bicyclic) bond motifs is 3. The molecule has 1 saturated carbocycles. The summed E-state index contributed by atoms with van der Waals surface area (Å²) in [6, 6.07) is 6.44. The van der Waals surface area contributed by atoms with Gasteiger partial charge in [0.1, 0.15) is 17.6 Å². The minimum Gasteiger partial charge on any atom is -0.379 e. The van der Waals surface area contributed by atoms with Gasteiger partial charge in [-0.25, -0.2) is 18.4 Å². The van der Waals surface area contributed by atoms with Gasteiger partial charge in [-0.15, -0.1) is 10.2 Å². The maximum atomic E-state index is 14.0. The summed E-state index contributed by atoms with van der Waals surface area (Å²) in [4.78, 5) is 10.8. The van der Waals surface area contributed by atoms with Gasteiger partial charge in [0.2, 0.25) is 15.2 Å². The second-order valence-corrected chi connectivity index (χ2v) is 12.3. The number of benzene rings is 1. The van der Waals surface area contributed by atoms with Gasteiger partial charge in [-0.05, 0) is 30.9 Å². The molecule has 1 N–H and O–H groups in total. The molecule has 4 aromatic rings. The molecule has 2 aliphatic rings. The Kier molecular flexibility index (Phi) is 6.52. The summed E-state index contributed by atoms with van der Waals surface area (Å²) < 4.78 is 63.8. The minimum atomic E-state index is -4.07. The molecule has 0 unspecified atom stereocenters. The number of nitrogens with zero attached hydrogens (tertiary/aromatic N) is 7. The molecule has 11 nitrogen and oxygen atoms in total. The Balaban J connectivity index is 1.51. The predicted octanol–water partition coefficient (Wildman–Crippen LogP) is 2.56. The van der Waals surface area contributed by atoms with Gasteiger partial charge in [0.25, 0.3) is 5.92 Å². The smallest absolute Gasteiger partial charge is 0.298 e. The van der Waals surface area contributed by atoms with Crippen LogP contribution in [0.15, 0.2) is 29.4 Å². The van der Waals surface area contributed by atoms with E-state index in [1.54, 1.807) is 6.07 Å². The first-order valence-corrected chi connectivity index (χ1v) is 14.7. The molecule has 1 aromatic carbocycles. The van der Waals surface area contributed by atoms with Crippen LogP contribution in [0.2, 0.25) is 0 Å². The quantitative estimate of drug-likeness (QED) is 0.339. The molecule has 1 aliphatic carbocycles. The van der Waals surface area contributed by atoms with Crippen LogP contribution in [0.4, 0.5) is 8.78 Å². The first kappa shape index (κ1) is 26.6. The third kappa shape index (κ3) is 4.91. The molecule has 0 radical (unpaired) electrons. The molecule has 206 valence electrons. The van der Waals surface area contributed by atoms with Crippen LogP contribution >= 0.6 is 11.3 Å². The number of hydrogen-bond donors (Lipinski definition) is 1. The Bertz CT molecular complexity index is 1840. The molecule has 0 amide bonds. The van der Waals surface area contributed by atoms with Crippen molar-refractivity contribution in [3.63, 3.8) is 0 Å². The SMILES string of the molecule is CC(F)(F)c1nnc(-n2c3cc(S(=O)(=O)NC4(C#N)CC4)ccc3c3c(C#CCN4CCOCC4)ncnc32)s1. The van der Waals surface area contributed by atoms with Crippen molar-refractivity contribution in [2.24, 2.45) is 0 Å². The third-order valence-electron chi connectivity index (χ3n) is 6.72. The first-order chi connectivity index (χ1) is 19.1. The first-order valence-electron chi connectivity index (χ1n) is 12.4. The van der Waals surface area contributed by atoms with Crippen molar-refractivity contribution in [2.75, 3.05) is 32.8 Å². The number of nitriles is 1. The highest BCUT2D eigenvalue weighted by Gasteiger charge is 2.47. The summed E-state index contributed by atoms with van der Waals surface area (Å²) >= 11 is 0.674. The van der Waals surface area contributed by atoms with Gasteiger partial charge in [0.15, 0.2) is 10.7 Å². The van der Waals surface area contributed by atoms with E-state index in [0.717, 1.165) is 20.0 Å². The van der Waals surface area contributed by atoms with Crippen LogP contribution in [-0.2, 0) is 20.7 Å². The average molecular weight is 585 g/mol. The van der Waals surface area contributed by atoms with Crippen LogP contribution in [-0.4, -0.2) is 76.4 Å². The van der Waals surface area contributed by atoms with Crippen molar-refractivity contribution in [3.05, 3.63) is 35.2 Å². The van der Waals surface area contributed by atoms with Crippen LogP contribution in [0.3, 0.4) is 0 Å². The lowest BCUT2D eigenvalue weighted by Crippen LogP contribution is -2.36. The normalized spacial score (nSPS) is 17.4. The topological polar surface area (TPSA) is 139 Å². The zero-order valence-electron chi connectivity index (χ0n) is 21.2. The lowest BCUT2D eigenvalue weighted by atomic mass is 10.1. The standard InChI is InChI=1S/C25H22F2N8O3S2/c1-24(26,27)22-31-32-23(39-22)35-19-13-16(40(36,37)33-25(14-28)6-7-25)4-5-17(19)20-18(29-15-30-21(20)35)3-2-8-34-9-11-38-12-10-34/h4-5,13,15,33H,6-12H2,1H3. The lowest BCUT2D eigenvalue weighted by Gasteiger charge is -2.24. The van der Waals surface area contributed by atoms with E-state index in [-0.39, 0.29) is 10.0 Å². The van der Waals surface area contributed by atoms with Crippen LogP contribution in [0.1, 0.15) is 30.5 Å². The van der Waals surface area contributed by atoms with E-state index in [1.165, 1.54) is 23.0 Å². The fourth-order valence-electron chi connectivity index (χ4n) is 4.43. The molecule has 4 heterocycles. The molecule has 40 heavy (non-hydrogen) atoms. The Morgan fingerprint density at radius 1 is 1.23 bits per heavy atom. The van der Waals surface area contributed by atoms with E-state index in [9.17, 15) is 22.5 Å². The molecule has 1 saturated heterocycles. The molecule has 15 heteroatoms. The number of morpholine rings is 1. The van der Waals surface area contributed by atoms with E-state index < -0.39 is 26.5 Å².